The monoisotopic (exact) mass is 644 g/mol. The third-order valence-electron chi connectivity index (χ3n) is 6.96. The molecular weight excluding hydrogens is 613 g/mol. The van der Waals surface area contributed by atoms with E-state index in [1.54, 1.807) is 25.7 Å². The summed E-state index contributed by atoms with van der Waals surface area (Å²) in [6.45, 7) is 6.58. The number of nitrogens with one attached hydrogen (secondary N) is 2. The van der Waals surface area contributed by atoms with E-state index in [0.717, 1.165) is 6.07 Å². The number of carbonyl (C=O) groups excluding carboxylic acids is 1. The predicted octanol–water partition coefficient (Wildman–Crippen LogP) is 4.30. The molecule has 0 aliphatic carbocycles. The zero-order chi connectivity index (χ0) is 31.9. The second-order valence-electron chi connectivity index (χ2n) is 11.4. The third kappa shape index (κ3) is 7.60. The Hall–Kier alpha value is -3.36. The first kappa shape index (κ1) is 32.6. The minimum absolute atomic E-state index is 0.0533. The molecule has 0 radical (unpaired) electrons. The Morgan fingerprint density at radius 2 is 1.81 bits per heavy atom. The molecule has 4 rings (SSSR count). The molecule has 0 saturated carbocycles. The summed E-state index contributed by atoms with van der Waals surface area (Å²) in [6.07, 6.45) is -4.94. The van der Waals surface area contributed by atoms with E-state index >= 15 is 0 Å². The summed E-state index contributed by atoms with van der Waals surface area (Å²) in [6, 6.07) is 5.42. The molecule has 15 heteroatoms. The average molecular weight is 645 g/mol. The van der Waals surface area contributed by atoms with E-state index < -0.39 is 51.1 Å². The van der Waals surface area contributed by atoms with Crippen molar-refractivity contribution in [1.82, 2.24) is 19.8 Å². The van der Waals surface area contributed by atoms with Gasteiger partial charge in [-0.25, -0.2) is 18.0 Å². The molecule has 1 unspecified atom stereocenters. The molecule has 1 amide bonds. The van der Waals surface area contributed by atoms with Crippen molar-refractivity contribution in [2.45, 2.75) is 69.9 Å². The first-order valence-corrected chi connectivity index (χ1v) is 15.5. The molecule has 1 aliphatic heterocycles. The number of likely N-dealkylation sites (tertiary alicyclic amines) is 1. The second kappa shape index (κ2) is 12.0. The highest BCUT2D eigenvalue weighted by atomic mass is 35.5. The molecule has 2 N–H and O–H groups in total. The number of hydrogen-bond donors (Lipinski definition) is 2. The van der Waals surface area contributed by atoms with E-state index in [2.05, 4.69) is 10.3 Å². The molecule has 1 aliphatic rings. The van der Waals surface area contributed by atoms with Crippen LogP contribution in [0.4, 0.5) is 18.0 Å². The summed E-state index contributed by atoms with van der Waals surface area (Å²) in [4.78, 5) is 42.6. The van der Waals surface area contributed by atoms with Crippen LogP contribution in [0.2, 0.25) is 5.02 Å². The fourth-order valence-corrected chi connectivity index (χ4v) is 6.30. The van der Waals surface area contributed by atoms with E-state index in [1.165, 1.54) is 25.1 Å². The Kier molecular flexibility index (Phi) is 9.06. The van der Waals surface area contributed by atoms with Crippen LogP contribution in [0.5, 0.6) is 0 Å². The van der Waals surface area contributed by atoms with Crippen LogP contribution in [-0.2, 0) is 33.8 Å². The van der Waals surface area contributed by atoms with Crippen molar-refractivity contribution in [3.63, 3.8) is 0 Å². The number of aromatic amines is 1. The van der Waals surface area contributed by atoms with E-state index in [4.69, 9.17) is 16.3 Å². The van der Waals surface area contributed by atoms with Crippen LogP contribution < -0.4 is 16.6 Å². The van der Waals surface area contributed by atoms with E-state index in [-0.39, 0.29) is 56.8 Å². The summed E-state index contributed by atoms with van der Waals surface area (Å²) in [5, 5.41) is 2.50. The van der Waals surface area contributed by atoms with Gasteiger partial charge < -0.3 is 15.0 Å². The number of fused-ring (bicyclic) bond motifs is 1. The highest BCUT2D eigenvalue weighted by Crippen LogP contribution is 2.35. The first-order valence-electron chi connectivity index (χ1n) is 13.5. The number of ether oxygens (including phenoxy) is 1. The minimum atomic E-state index is -4.82. The molecule has 0 spiro atoms. The lowest BCUT2D eigenvalue weighted by Crippen LogP contribution is -2.40. The Labute approximate surface area is 250 Å². The van der Waals surface area contributed by atoms with Crippen molar-refractivity contribution in [1.29, 1.82) is 0 Å². The third-order valence-corrected chi connectivity index (χ3v) is 9.03. The number of alkyl halides is 3. The molecule has 1 aromatic heterocycles. The predicted molar refractivity (Wildman–Crippen MR) is 155 cm³/mol. The highest BCUT2D eigenvalue weighted by Gasteiger charge is 2.36. The standard InChI is InChI=1S/C28H32ClF3N4O6S/c1-5-43(40,41)23-7-6-18(29)10-17(23)14-36-24(37)20-12-21(28(30,31)32)16(11-22(20)34-25(36)38)13-35-9-8-19(15-35)33-26(39)42-27(2,3)4/h6-7,10-12,19H,5,8-9,13-15H2,1-4H3,(H,33,39)(H,34,38). The summed E-state index contributed by atoms with van der Waals surface area (Å²) in [5.74, 6) is -0.253. The van der Waals surface area contributed by atoms with Gasteiger partial charge in [-0.3, -0.25) is 14.3 Å². The van der Waals surface area contributed by atoms with Crippen molar-refractivity contribution >= 4 is 38.4 Å². The van der Waals surface area contributed by atoms with Crippen molar-refractivity contribution in [3.05, 3.63) is 72.9 Å². The second-order valence-corrected chi connectivity index (χ2v) is 14.1. The molecule has 1 saturated heterocycles. The van der Waals surface area contributed by atoms with Gasteiger partial charge in [-0.05, 0) is 68.7 Å². The van der Waals surface area contributed by atoms with Crippen molar-refractivity contribution < 1.29 is 31.1 Å². The Morgan fingerprint density at radius 3 is 2.44 bits per heavy atom. The van der Waals surface area contributed by atoms with Gasteiger partial charge in [-0.1, -0.05) is 18.5 Å². The number of benzene rings is 2. The van der Waals surface area contributed by atoms with E-state index in [9.17, 15) is 36.0 Å². The number of hydrogen-bond acceptors (Lipinski definition) is 7. The highest BCUT2D eigenvalue weighted by molar-refractivity contribution is 7.91. The quantitative estimate of drug-likeness (QED) is 0.392. The number of amides is 1. The number of carbonyl (C=O) groups is 1. The lowest BCUT2D eigenvalue weighted by atomic mass is 10.0. The van der Waals surface area contributed by atoms with Crippen LogP contribution in [0.3, 0.4) is 0 Å². The van der Waals surface area contributed by atoms with Gasteiger partial charge in [0.2, 0.25) is 0 Å². The lowest BCUT2D eigenvalue weighted by Gasteiger charge is -2.22. The van der Waals surface area contributed by atoms with Crippen LogP contribution in [0, 0.1) is 0 Å². The van der Waals surface area contributed by atoms with Gasteiger partial charge in [0.15, 0.2) is 9.84 Å². The number of halogens is 4. The summed E-state index contributed by atoms with van der Waals surface area (Å²) in [5.41, 5.74) is -3.88. The molecule has 3 aromatic rings. The van der Waals surface area contributed by atoms with Crippen LogP contribution in [0.15, 0.2) is 44.8 Å². The van der Waals surface area contributed by atoms with Gasteiger partial charge in [-0.15, -0.1) is 0 Å². The van der Waals surface area contributed by atoms with Gasteiger partial charge in [0.1, 0.15) is 5.60 Å². The molecule has 2 aromatic carbocycles. The SMILES string of the molecule is CCS(=O)(=O)c1ccc(Cl)cc1Cn1c(=O)[nH]c2cc(CN3CCC(NC(=O)OC(C)(C)C)C3)c(C(F)(F)F)cc2c1=O. The molecule has 234 valence electrons. The number of alkyl carbamates (subject to hydrolysis) is 1. The van der Waals surface area contributed by atoms with Gasteiger partial charge in [0.25, 0.3) is 5.56 Å². The number of aromatic nitrogens is 2. The fraction of sp³-hybridized carbons (Fsp3) is 0.464. The largest absolute Gasteiger partial charge is 0.444 e. The number of rotatable bonds is 7. The maximum atomic E-state index is 14.2. The molecule has 1 fully saturated rings. The summed E-state index contributed by atoms with van der Waals surface area (Å²) < 4.78 is 73.8. The van der Waals surface area contributed by atoms with Crippen LogP contribution in [0.25, 0.3) is 10.9 Å². The topological polar surface area (TPSA) is 131 Å². The first-order chi connectivity index (χ1) is 19.9. The van der Waals surface area contributed by atoms with E-state index in [0.29, 0.717) is 23.6 Å². The Morgan fingerprint density at radius 1 is 1.12 bits per heavy atom. The maximum absolute atomic E-state index is 14.2. The number of H-pyrrole nitrogens is 1. The van der Waals surface area contributed by atoms with Crippen molar-refractivity contribution in [2.75, 3.05) is 18.8 Å². The van der Waals surface area contributed by atoms with Crippen LogP contribution in [-0.4, -0.2) is 59.4 Å². The number of sulfone groups is 1. The molecule has 1 atom stereocenters. The van der Waals surface area contributed by atoms with Gasteiger partial charge in [0.05, 0.1) is 33.7 Å². The summed E-state index contributed by atoms with van der Waals surface area (Å²) >= 11 is 6.04. The zero-order valence-electron chi connectivity index (χ0n) is 24.0. The number of nitrogens with zero attached hydrogens (tertiary/aromatic N) is 2. The maximum Gasteiger partial charge on any atom is 0.416 e. The Balaban J connectivity index is 1.68. The molecule has 43 heavy (non-hydrogen) atoms. The van der Waals surface area contributed by atoms with Crippen molar-refractivity contribution in [2.24, 2.45) is 0 Å². The van der Waals surface area contributed by atoms with Gasteiger partial charge in [-0.2, -0.15) is 13.2 Å². The normalized spacial score (nSPS) is 16.5. The van der Waals surface area contributed by atoms with Crippen LogP contribution in [0.1, 0.15) is 50.8 Å². The fourth-order valence-electron chi connectivity index (χ4n) is 4.99. The van der Waals surface area contributed by atoms with Gasteiger partial charge >= 0.3 is 18.0 Å². The molecular formula is C28H32ClF3N4O6S. The lowest BCUT2D eigenvalue weighted by molar-refractivity contribution is -0.138. The van der Waals surface area contributed by atoms with E-state index in [1.807, 2.05) is 0 Å². The smallest absolute Gasteiger partial charge is 0.416 e. The Bertz CT molecular complexity index is 1780. The average Bonchev–Trinajstić information content (AvgIpc) is 3.30. The molecule has 0 bridgehead atoms. The summed E-state index contributed by atoms with van der Waals surface area (Å²) in [7, 11) is -3.77. The molecule has 10 nitrogen and oxygen atoms in total. The zero-order valence-corrected chi connectivity index (χ0v) is 25.5. The van der Waals surface area contributed by atoms with Crippen LogP contribution >= 0.6 is 11.6 Å². The minimum Gasteiger partial charge on any atom is -0.444 e. The van der Waals surface area contributed by atoms with Gasteiger partial charge in [0, 0.05) is 30.7 Å². The molecule has 2 heterocycles. The van der Waals surface area contributed by atoms with Crippen molar-refractivity contribution in [3.8, 4) is 0 Å².